The normalized spacial score (nSPS) is 26.3. The fraction of sp³-hybridized carbons (Fsp3) is 0.357. The molecule has 0 aliphatic carbocycles. The summed E-state index contributed by atoms with van der Waals surface area (Å²) in [6.45, 7) is 4.08. The molecule has 0 bridgehead atoms. The molecule has 2 fully saturated rings. The van der Waals surface area contributed by atoms with Gasteiger partial charge in [-0.15, -0.1) is 0 Å². The van der Waals surface area contributed by atoms with Crippen LogP contribution < -0.4 is 0 Å². The second-order valence-electron chi connectivity index (χ2n) is 8.93. The van der Waals surface area contributed by atoms with Gasteiger partial charge in [0.15, 0.2) is 12.1 Å². The van der Waals surface area contributed by atoms with Crippen LogP contribution in [0.1, 0.15) is 30.5 Å². The van der Waals surface area contributed by atoms with E-state index >= 15 is 0 Å². The molecule has 172 valence electrons. The third-order valence-electron chi connectivity index (χ3n) is 6.36. The van der Waals surface area contributed by atoms with Gasteiger partial charge < -0.3 is 23.7 Å². The summed E-state index contributed by atoms with van der Waals surface area (Å²) in [5, 5.41) is 0. The maximum atomic E-state index is 6.91. The first kappa shape index (κ1) is 22.3. The van der Waals surface area contributed by atoms with Gasteiger partial charge in [0, 0.05) is 7.11 Å². The highest BCUT2D eigenvalue weighted by Crippen LogP contribution is 2.43. The molecule has 0 unspecified atom stereocenters. The lowest BCUT2D eigenvalue weighted by molar-refractivity contribution is -0.225. The van der Waals surface area contributed by atoms with Crippen LogP contribution in [0.3, 0.4) is 0 Å². The number of hydrogen-bond acceptors (Lipinski definition) is 5. The van der Waals surface area contributed by atoms with Crippen molar-refractivity contribution < 1.29 is 23.7 Å². The van der Waals surface area contributed by atoms with Crippen LogP contribution >= 0.6 is 0 Å². The van der Waals surface area contributed by atoms with Crippen LogP contribution in [0.4, 0.5) is 0 Å². The molecule has 4 atom stereocenters. The van der Waals surface area contributed by atoms with Crippen LogP contribution in [-0.4, -0.2) is 44.1 Å². The van der Waals surface area contributed by atoms with Gasteiger partial charge in [-0.05, 0) is 30.5 Å². The summed E-state index contributed by atoms with van der Waals surface area (Å²) in [5.74, 6) is -0.695. The Morgan fingerprint density at radius 3 is 1.70 bits per heavy atom. The van der Waals surface area contributed by atoms with E-state index in [4.69, 9.17) is 23.7 Å². The van der Waals surface area contributed by atoms with E-state index in [9.17, 15) is 0 Å². The summed E-state index contributed by atoms with van der Waals surface area (Å²) in [5.41, 5.74) is 2.32. The summed E-state index contributed by atoms with van der Waals surface area (Å²) in [7, 11) is 1.68. The average molecular weight is 447 g/mol. The molecule has 0 N–H and O–H groups in total. The van der Waals surface area contributed by atoms with Gasteiger partial charge in [-0.25, -0.2) is 0 Å². The minimum Gasteiger partial charge on any atom is -0.376 e. The Kier molecular flexibility index (Phi) is 6.08. The van der Waals surface area contributed by atoms with Crippen LogP contribution in [0.15, 0.2) is 91.0 Å². The number of benzene rings is 3. The molecular weight excluding hydrogens is 416 g/mol. The van der Waals surface area contributed by atoms with Crippen molar-refractivity contribution in [3.63, 3.8) is 0 Å². The minimum atomic E-state index is -0.815. The average Bonchev–Trinajstić information content (AvgIpc) is 3.32. The van der Waals surface area contributed by atoms with E-state index in [0.717, 1.165) is 16.7 Å². The molecule has 5 nitrogen and oxygen atoms in total. The molecule has 33 heavy (non-hydrogen) atoms. The van der Waals surface area contributed by atoms with Gasteiger partial charge in [-0.1, -0.05) is 91.0 Å². The van der Waals surface area contributed by atoms with Crippen LogP contribution in [0.25, 0.3) is 0 Å². The first-order chi connectivity index (χ1) is 16.0. The highest BCUT2D eigenvalue weighted by Gasteiger charge is 2.55. The predicted molar refractivity (Wildman–Crippen MR) is 125 cm³/mol. The second-order valence-corrected chi connectivity index (χ2v) is 8.93. The van der Waals surface area contributed by atoms with Crippen molar-refractivity contribution in [3.05, 3.63) is 108 Å². The molecule has 0 amide bonds. The topological polar surface area (TPSA) is 46.2 Å². The van der Waals surface area contributed by atoms with E-state index in [2.05, 4.69) is 36.4 Å². The van der Waals surface area contributed by atoms with Crippen LogP contribution in [0, 0.1) is 0 Å². The molecule has 3 aromatic carbocycles. The van der Waals surface area contributed by atoms with Crippen molar-refractivity contribution >= 4 is 0 Å². The van der Waals surface area contributed by atoms with Crippen molar-refractivity contribution in [2.24, 2.45) is 0 Å². The van der Waals surface area contributed by atoms with E-state index in [-0.39, 0.29) is 18.3 Å². The molecule has 0 radical (unpaired) electrons. The lowest BCUT2D eigenvalue weighted by atomic mass is 9.80. The fourth-order valence-electron chi connectivity index (χ4n) is 4.94. The third-order valence-corrected chi connectivity index (χ3v) is 6.36. The zero-order valence-corrected chi connectivity index (χ0v) is 19.2. The van der Waals surface area contributed by atoms with E-state index in [1.165, 1.54) is 0 Å². The number of methoxy groups -OCH3 is 1. The zero-order chi connectivity index (χ0) is 22.9. The smallest absolute Gasteiger partial charge is 0.190 e. The Balaban J connectivity index is 1.52. The van der Waals surface area contributed by atoms with Gasteiger partial charge in [0.05, 0.1) is 6.61 Å². The predicted octanol–water partition coefficient (Wildman–Crippen LogP) is 4.89. The van der Waals surface area contributed by atoms with Gasteiger partial charge in [0.2, 0.25) is 0 Å². The van der Waals surface area contributed by atoms with E-state index in [1.807, 2.05) is 68.4 Å². The Morgan fingerprint density at radius 1 is 0.758 bits per heavy atom. The molecule has 2 heterocycles. The highest BCUT2D eigenvalue weighted by molar-refractivity contribution is 5.47. The molecule has 0 spiro atoms. The lowest BCUT2D eigenvalue weighted by Crippen LogP contribution is -2.41. The standard InChI is InChI=1S/C28H30O5/c1-27(2)32-25-24(29-3)23(31-26(25)33-27)19-30-28(20-13-7-4-8-14-20,21-15-9-5-10-16-21)22-17-11-6-12-18-22/h4-18,23-26H,19H2,1-3H3/t23-,24-,25-,26-/m1/s1. The summed E-state index contributed by atoms with van der Waals surface area (Å²) in [4.78, 5) is 0. The van der Waals surface area contributed by atoms with Gasteiger partial charge in [0.25, 0.3) is 0 Å². The van der Waals surface area contributed by atoms with Crippen LogP contribution in [0.2, 0.25) is 0 Å². The molecule has 2 aliphatic heterocycles. The monoisotopic (exact) mass is 446 g/mol. The zero-order valence-electron chi connectivity index (χ0n) is 19.2. The number of fused-ring (bicyclic) bond motifs is 1. The van der Waals surface area contributed by atoms with E-state index in [1.54, 1.807) is 7.11 Å². The quantitative estimate of drug-likeness (QED) is 0.484. The summed E-state index contributed by atoms with van der Waals surface area (Å²) < 4.78 is 30.9. The number of hydrogen-bond donors (Lipinski definition) is 0. The minimum absolute atomic E-state index is 0.293. The second kappa shape index (κ2) is 9.01. The van der Waals surface area contributed by atoms with Gasteiger partial charge in [-0.2, -0.15) is 0 Å². The Labute approximate surface area is 195 Å². The SMILES string of the molecule is CO[C@H]1[C@H]2OC(C)(C)O[C@H]2O[C@@H]1COC(c1ccccc1)(c1ccccc1)c1ccccc1. The summed E-state index contributed by atoms with van der Waals surface area (Å²) >= 11 is 0. The molecule has 0 saturated carbocycles. The first-order valence-corrected chi connectivity index (χ1v) is 11.4. The summed E-state index contributed by atoms with van der Waals surface area (Å²) in [6.07, 6.45) is -1.40. The van der Waals surface area contributed by atoms with Crippen LogP contribution in [-0.2, 0) is 29.3 Å². The van der Waals surface area contributed by atoms with Crippen molar-refractivity contribution in [3.8, 4) is 0 Å². The molecule has 0 aromatic heterocycles. The van der Waals surface area contributed by atoms with Gasteiger partial charge >= 0.3 is 0 Å². The number of rotatable bonds is 7. The molecular formula is C28H30O5. The van der Waals surface area contributed by atoms with Gasteiger partial charge in [-0.3, -0.25) is 0 Å². The number of ether oxygens (including phenoxy) is 5. The Bertz CT molecular complexity index is 941. The molecule has 5 rings (SSSR count). The maximum Gasteiger partial charge on any atom is 0.190 e. The molecule has 2 saturated heterocycles. The molecule has 2 aliphatic rings. The fourth-order valence-corrected chi connectivity index (χ4v) is 4.94. The highest BCUT2D eigenvalue weighted by atomic mass is 16.8. The Morgan fingerprint density at radius 2 is 1.24 bits per heavy atom. The first-order valence-electron chi connectivity index (χ1n) is 11.4. The van der Waals surface area contributed by atoms with Crippen LogP contribution in [0.5, 0.6) is 0 Å². The van der Waals surface area contributed by atoms with E-state index < -0.39 is 17.7 Å². The van der Waals surface area contributed by atoms with Crippen molar-refractivity contribution in [2.45, 2.75) is 49.8 Å². The Hall–Kier alpha value is -2.54. The van der Waals surface area contributed by atoms with Crippen molar-refractivity contribution in [1.82, 2.24) is 0 Å². The van der Waals surface area contributed by atoms with Crippen molar-refractivity contribution in [1.29, 1.82) is 0 Å². The molecule has 3 aromatic rings. The summed E-state index contributed by atoms with van der Waals surface area (Å²) in [6, 6.07) is 30.9. The molecule has 5 heteroatoms. The third kappa shape index (κ3) is 4.12. The van der Waals surface area contributed by atoms with E-state index in [0.29, 0.717) is 6.61 Å². The largest absolute Gasteiger partial charge is 0.376 e. The van der Waals surface area contributed by atoms with Gasteiger partial charge in [0.1, 0.15) is 23.9 Å². The maximum absolute atomic E-state index is 6.91. The van der Waals surface area contributed by atoms with Crippen molar-refractivity contribution in [2.75, 3.05) is 13.7 Å². The lowest BCUT2D eigenvalue weighted by Gasteiger charge is -2.37.